The van der Waals surface area contributed by atoms with Crippen LogP contribution in [0.15, 0.2) is 47.4 Å². The van der Waals surface area contributed by atoms with Gasteiger partial charge < -0.3 is 15.4 Å². The van der Waals surface area contributed by atoms with Crippen LogP contribution in [0, 0.1) is 6.92 Å². The highest BCUT2D eigenvalue weighted by Gasteiger charge is 2.14. The summed E-state index contributed by atoms with van der Waals surface area (Å²) in [6.45, 7) is 1.82. The summed E-state index contributed by atoms with van der Waals surface area (Å²) >= 11 is 0. The van der Waals surface area contributed by atoms with Crippen LogP contribution in [0.25, 0.3) is 11.0 Å². The van der Waals surface area contributed by atoms with E-state index in [9.17, 15) is 14.7 Å². The molecule has 0 aliphatic rings. The molecule has 0 aliphatic carbocycles. The molecule has 6 nitrogen and oxygen atoms in total. The second kappa shape index (κ2) is 5.33. The first-order valence-corrected chi connectivity index (χ1v) is 6.64. The first kappa shape index (κ1) is 13.8. The van der Waals surface area contributed by atoms with Crippen molar-refractivity contribution in [3.8, 4) is 5.75 Å². The Bertz CT molecular complexity index is 931. The number of anilines is 1. The van der Waals surface area contributed by atoms with Crippen molar-refractivity contribution in [3.63, 3.8) is 0 Å². The largest absolute Gasteiger partial charge is 0.506 e. The molecule has 3 aromatic rings. The molecule has 6 heteroatoms. The van der Waals surface area contributed by atoms with Gasteiger partial charge in [0.25, 0.3) is 5.91 Å². The van der Waals surface area contributed by atoms with Gasteiger partial charge in [-0.05, 0) is 31.2 Å². The lowest BCUT2D eigenvalue weighted by atomic mass is 10.1. The maximum Gasteiger partial charge on any atom is 0.261 e. The molecule has 110 valence electrons. The second-order valence-electron chi connectivity index (χ2n) is 4.85. The molecule has 0 unspecified atom stereocenters. The van der Waals surface area contributed by atoms with E-state index in [2.05, 4.69) is 15.3 Å². The number of carbonyl (C=O) groups excluding carboxylic acids is 1. The lowest BCUT2D eigenvalue weighted by Gasteiger charge is -2.07. The lowest BCUT2D eigenvalue weighted by molar-refractivity contribution is 0.102. The van der Waals surface area contributed by atoms with Gasteiger partial charge in [0.1, 0.15) is 17.0 Å². The summed E-state index contributed by atoms with van der Waals surface area (Å²) in [6.07, 6.45) is 1.33. The molecule has 0 radical (unpaired) electrons. The number of benzene rings is 1. The molecule has 0 fully saturated rings. The number of rotatable bonds is 2. The summed E-state index contributed by atoms with van der Waals surface area (Å²) in [5, 5.41) is 12.5. The minimum Gasteiger partial charge on any atom is -0.506 e. The fraction of sp³-hybridized carbons (Fsp3) is 0.0625. The van der Waals surface area contributed by atoms with Crippen molar-refractivity contribution in [2.45, 2.75) is 6.92 Å². The molecule has 3 rings (SSSR count). The molecule has 3 N–H and O–H groups in total. The monoisotopic (exact) mass is 295 g/mol. The molecule has 2 aromatic heterocycles. The van der Waals surface area contributed by atoms with Gasteiger partial charge in [-0.25, -0.2) is 4.98 Å². The van der Waals surface area contributed by atoms with Crippen LogP contribution in [0.4, 0.5) is 5.69 Å². The zero-order valence-electron chi connectivity index (χ0n) is 11.8. The summed E-state index contributed by atoms with van der Waals surface area (Å²) in [4.78, 5) is 31.7. The topological polar surface area (TPSA) is 95.1 Å². The zero-order valence-corrected chi connectivity index (χ0v) is 11.8. The van der Waals surface area contributed by atoms with E-state index in [-0.39, 0.29) is 17.0 Å². The fourth-order valence-corrected chi connectivity index (χ4v) is 2.14. The Balaban J connectivity index is 2.01. The Hall–Kier alpha value is -3.15. The van der Waals surface area contributed by atoms with Crippen LogP contribution in [0.5, 0.6) is 5.75 Å². The number of aromatic hydroxyl groups is 1. The first-order chi connectivity index (χ1) is 10.6. The standard InChI is InChI=1S/C16H13N3O3/c1-9-6-7-10-14(21)11(8-17-15(10)18-9)16(22)19-12-4-2-3-5-13(12)20/h2-8,20H,1H3,(H,19,22)(H,17,18,21). The summed E-state index contributed by atoms with van der Waals surface area (Å²) in [5.74, 6) is -0.657. The predicted octanol–water partition coefficient (Wildman–Crippen LogP) is 2.19. The number of aryl methyl sites for hydroxylation is 1. The maximum atomic E-state index is 12.4. The van der Waals surface area contributed by atoms with Gasteiger partial charge in [0.2, 0.25) is 5.43 Å². The van der Waals surface area contributed by atoms with Crippen LogP contribution in [0.1, 0.15) is 16.1 Å². The van der Waals surface area contributed by atoms with Crippen LogP contribution in [-0.2, 0) is 0 Å². The Morgan fingerprint density at radius 3 is 2.77 bits per heavy atom. The maximum absolute atomic E-state index is 12.4. The van der Waals surface area contributed by atoms with E-state index in [1.54, 1.807) is 30.3 Å². The summed E-state index contributed by atoms with van der Waals surface area (Å²) in [7, 11) is 0. The van der Waals surface area contributed by atoms with Crippen molar-refractivity contribution in [2.24, 2.45) is 0 Å². The van der Waals surface area contributed by atoms with Gasteiger partial charge in [0, 0.05) is 11.9 Å². The van der Waals surface area contributed by atoms with E-state index < -0.39 is 11.3 Å². The van der Waals surface area contributed by atoms with Gasteiger partial charge in [-0.1, -0.05) is 12.1 Å². The molecular weight excluding hydrogens is 282 g/mol. The molecule has 0 saturated heterocycles. The van der Waals surface area contributed by atoms with Crippen molar-refractivity contribution in [3.05, 3.63) is 64.1 Å². The average Bonchev–Trinajstić information content (AvgIpc) is 2.49. The number of nitrogens with zero attached hydrogens (tertiary/aromatic N) is 1. The normalized spacial score (nSPS) is 10.6. The number of hydrogen-bond acceptors (Lipinski definition) is 4. The molecule has 2 heterocycles. The van der Waals surface area contributed by atoms with E-state index in [4.69, 9.17) is 0 Å². The highest BCUT2D eigenvalue weighted by molar-refractivity contribution is 6.06. The summed E-state index contributed by atoms with van der Waals surface area (Å²) < 4.78 is 0. The van der Waals surface area contributed by atoms with Gasteiger partial charge in [-0.3, -0.25) is 9.59 Å². The van der Waals surface area contributed by atoms with Crippen LogP contribution < -0.4 is 10.7 Å². The van der Waals surface area contributed by atoms with E-state index in [1.165, 1.54) is 12.3 Å². The van der Waals surface area contributed by atoms with E-state index in [0.717, 1.165) is 5.69 Å². The SMILES string of the molecule is Cc1ccc2c(=O)c(C(=O)Nc3ccccc3O)c[nH]c2n1. The highest BCUT2D eigenvalue weighted by Crippen LogP contribution is 2.21. The number of phenols is 1. The molecule has 22 heavy (non-hydrogen) atoms. The van der Waals surface area contributed by atoms with Crippen molar-refractivity contribution in [2.75, 3.05) is 5.32 Å². The van der Waals surface area contributed by atoms with Crippen molar-refractivity contribution in [1.29, 1.82) is 0 Å². The molecule has 0 saturated carbocycles. The van der Waals surface area contributed by atoms with Crippen molar-refractivity contribution >= 4 is 22.6 Å². The third-order valence-electron chi connectivity index (χ3n) is 3.27. The van der Waals surface area contributed by atoms with Crippen LogP contribution in [0.3, 0.4) is 0 Å². The minimum absolute atomic E-state index is 0.0404. The minimum atomic E-state index is -0.592. The number of amides is 1. The quantitative estimate of drug-likeness (QED) is 0.631. The molecule has 1 aromatic carbocycles. The Kier molecular flexibility index (Phi) is 3.34. The van der Waals surface area contributed by atoms with Gasteiger partial charge >= 0.3 is 0 Å². The number of aromatic nitrogens is 2. The molecule has 0 aliphatic heterocycles. The molecule has 0 spiro atoms. The van der Waals surface area contributed by atoms with Crippen molar-refractivity contribution in [1.82, 2.24) is 9.97 Å². The third-order valence-corrected chi connectivity index (χ3v) is 3.27. The van der Waals surface area contributed by atoms with E-state index in [0.29, 0.717) is 11.0 Å². The van der Waals surface area contributed by atoms with Gasteiger partial charge in [0.15, 0.2) is 0 Å². The number of para-hydroxylation sites is 2. The van der Waals surface area contributed by atoms with Crippen LogP contribution >= 0.6 is 0 Å². The Morgan fingerprint density at radius 1 is 1.23 bits per heavy atom. The fourth-order valence-electron chi connectivity index (χ4n) is 2.14. The Morgan fingerprint density at radius 2 is 2.00 bits per heavy atom. The molecule has 1 amide bonds. The van der Waals surface area contributed by atoms with Gasteiger partial charge in [0.05, 0.1) is 11.1 Å². The predicted molar refractivity (Wildman–Crippen MR) is 83.2 cm³/mol. The number of fused-ring (bicyclic) bond motifs is 1. The lowest BCUT2D eigenvalue weighted by Crippen LogP contribution is -2.22. The van der Waals surface area contributed by atoms with Crippen molar-refractivity contribution < 1.29 is 9.90 Å². The number of nitrogens with one attached hydrogen (secondary N) is 2. The number of pyridine rings is 2. The number of H-pyrrole nitrogens is 1. The second-order valence-corrected chi connectivity index (χ2v) is 4.85. The van der Waals surface area contributed by atoms with Gasteiger partial charge in [-0.15, -0.1) is 0 Å². The van der Waals surface area contributed by atoms with Crippen LogP contribution in [0.2, 0.25) is 0 Å². The molecule has 0 bridgehead atoms. The first-order valence-electron chi connectivity index (χ1n) is 6.64. The van der Waals surface area contributed by atoms with E-state index >= 15 is 0 Å². The third kappa shape index (κ3) is 2.42. The number of phenolic OH excluding ortho intramolecular Hbond substituents is 1. The van der Waals surface area contributed by atoms with Crippen LogP contribution in [-0.4, -0.2) is 21.0 Å². The summed E-state index contributed by atoms with van der Waals surface area (Å²) in [5.41, 5.74) is 1.00. The molecular formula is C16H13N3O3. The Labute approximate surface area is 125 Å². The number of hydrogen-bond donors (Lipinski definition) is 3. The highest BCUT2D eigenvalue weighted by atomic mass is 16.3. The number of aromatic amines is 1. The zero-order chi connectivity index (χ0) is 15.7. The smallest absolute Gasteiger partial charge is 0.261 e. The summed E-state index contributed by atoms with van der Waals surface area (Å²) in [6, 6.07) is 9.66. The average molecular weight is 295 g/mol. The van der Waals surface area contributed by atoms with E-state index in [1.807, 2.05) is 6.92 Å². The number of carbonyl (C=O) groups is 1. The van der Waals surface area contributed by atoms with Gasteiger partial charge in [-0.2, -0.15) is 0 Å². The molecule has 0 atom stereocenters.